The van der Waals surface area contributed by atoms with E-state index in [9.17, 15) is 27.6 Å². The standard InChI is InChI=1S/C22H20F3N5O4/c1-13-17(11-27-30(13)18-9-6-15(10-26-18)22(23,24)25)21(33)34-12-19(31)28-16-7-4-14(5-8-16)20(32)29(2)3/h4-11H,12H2,1-3H3,(H,28,31). The van der Waals surface area contributed by atoms with E-state index >= 15 is 0 Å². The van der Waals surface area contributed by atoms with Crippen molar-refractivity contribution in [1.29, 1.82) is 0 Å². The Labute approximate surface area is 192 Å². The van der Waals surface area contributed by atoms with Gasteiger partial charge in [0.05, 0.1) is 17.5 Å². The highest BCUT2D eigenvalue weighted by atomic mass is 19.4. The number of nitrogens with one attached hydrogen (secondary N) is 1. The fourth-order valence-corrected chi connectivity index (χ4v) is 2.88. The molecule has 0 radical (unpaired) electrons. The molecule has 3 aromatic rings. The highest BCUT2D eigenvalue weighted by molar-refractivity contribution is 5.97. The molecule has 34 heavy (non-hydrogen) atoms. The molecule has 0 bridgehead atoms. The van der Waals surface area contributed by atoms with Gasteiger partial charge in [0.15, 0.2) is 12.4 Å². The largest absolute Gasteiger partial charge is 0.452 e. The van der Waals surface area contributed by atoms with Crippen molar-refractivity contribution >= 4 is 23.5 Å². The summed E-state index contributed by atoms with van der Waals surface area (Å²) in [6, 6.07) is 8.18. The van der Waals surface area contributed by atoms with E-state index in [1.807, 2.05) is 0 Å². The minimum atomic E-state index is -4.52. The van der Waals surface area contributed by atoms with Gasteiger partial charge in [0.2, 0.25) is 0 Å². The van der Waals surface area contributed by atoms with Gasteiger partial charge < -0.3 is 15.0 Å². The van der Waals surface area contributed by atoms with E-state index in [4.69, 9.17) is 4.74 Å². The molecule has 0 saturated heterocycles. The van der Waals surface area contributed by atoms with Gasteiger partial charge in [-0.1, -0.05) is 0 Å². The number of alkyl halides is 3. The lowest BCUT2D eigenvalue weighted by atomic mass is 10.2. The monoisotopic (exact) mass is 475 g/mol. The number of hydrogen-bond donors (Lipinski definition) is 1. The quantitative estimate of drug-likeness (QED) is 0.550. The third kappa shape index (κ3) is 5.57. The molecule has 9 nitrogen and oxygen atoms in total. The molecule has 12 heteroatoms. The second-order valence-electron chi connectivity index (χ2n) is 7.36. The van der Waals surface area contributed by atoms with Crippen LogP contribution in [0.2, 0.25) is 0 Å². The Hall–Kier alpha value is -4.22. The average Bonchev–Trinajstić information content (AvgIpc) is 3.18. The lowest BCUT2D eigenvalue weighted by molar-refractivity contribution is -0.137. The van der Waals surface area contributed by atoms with Crippen molar-refractivity contribution in [3.8, 4) is 5.82 Å². The number of carbonyl (C=O) groups is 3. The van der Waals surface area contributed by atoms with Crippen LogP contribution in [0.4, 0.5) is 18.9 Å². The Morgan fingerprint density at radius 1 is 1.06 bits per heavy atom. The van der Waals surface area contributed by atoms with Crippen LogP contribution in [0.15, 0.2) is 48.8 Å². The van der Waals surface area contributed by atoms with Gasteiger partial charge in [-0.05, 0) is 43.3 Å². The number of benzene rings is 1. The van der Waals surface area contributed by atoms with Crippen LogP contribution in [0.5, 0.6) is 0 Å². The van der Waals surface area contributed by atoms with Crippen LogP contribution in [0, 0.1) is 6.92 Å². The second-order valence-corrected chi connectivity index (χ2v) is 7.36. The molecule has 2 amide bonds. The zero-order valence-electron chi connectivity index (χ0n) is 18.4. The topological polar surface area (TPSA) is 106 Å². The van der Waals surface area contributed by atoms with Crippen molar-refractivity contribution in [3.63, 3.8) is 0 Å². The molecule has 2 aromatic heterocycles. The average molecular weight is 475 g/mol. The summed E-state index contributed by atoms with van der Waals surface area (Å²) in [5, 5.41) is 6.51. The Kier molecular flexibility index (Phi) is 6.99. The number of amides is 2. The number of pyridine rings is 1. The van der Waals surface area contributed by atoms with Gasteiger partial charge in [-0.2, -0.15) is 18.3 Å². The summed E-state index contributed by atoms with van der Waals surface area (Å²) in [6.45, 7) is 0.931. The maximum absolute atomic E-state index is 12.7. The minimum Gasteiger partial charge on any atom is -0.452 e. The number of aromatic nitrogens is 3. The molecular formula is C22H20F3N5O4. The maximum Gasteiger partial charge on any atom is 0.417 e. The molecule has 0 atom stereocenters. The fraction of sp³-hybridized carbons (Fsp3) is 0.227. The Balaban J connectivity index is 1.59. The van der Waals surface area contributed by atoms with Gasteiger partial charge in [-0.25, -0.2) is 14.5 Å². The van der Waals surface area contributed by atoms with E-state index < -0.39 is 30.2 Å². The van der Waals surface area contributed by atoms with E-state index in [1.54, 1.807) is 38.4 Å². The highest BCUT2D eigenvalue weighted by Gasteiger charge is 2.31. The van der Waals surface area contributed by atoms with E-state index in [2.05, 4.69) is 15.4 Å². The smallest absolute Gasteiger partial charge is 0.417 e. The number of nitrogens with zero attached hydrogens (tertiary/aromatic N) is 4. The maximum atomic E-state index is 12.7. The van der Waals surface area contributed by atoms with Gasteiger partial charge in [-0.3, -0.25) is 9.59 Å². The molecule has 178 valence electrons. The number of anilines is 1. The second kappa shape index (κ2) is 9.73. The van der Waals surface area contributed by atoms with E-state index in [-0.39, 0.29) is 23.0 Å². The number of esters is 1. The number of ether oxygens (including phenoxy) is 1. The van der Waals surface area contributed by atoms with Crippen molar-refractivity contribution < 1.29 is 32.3 Å². The number of carbonyl (C=O) groups excluding carboxylic acids is 3. The van der Waals surface area contributed by atoms with Crippen molar-refractivity contribution in [1.82, 2.24) is 19.7 Å². The molecule has 0 spiro atoms. The summed E-state index contributed by atoms with van der Waals surface area (Å²) < 4.78 is 44.3. The molecule has 0 aliphatic carbocycles. The Bertz CT molecular complexity index is 1200. The van der Waals surface area contributed by atoms with Gasteiger partial charge in [-0.15, -0.1) is 0 Å². The van der Waals surface area contributed by atoms with Crippen molar-refractivity contribution in [2.24, 2.45) is 0 Å². The fourth-order valence-electron chi connectivity index (χ4n) is 2.88. The van der Waals surface area contributed by atoms with Gasteiger partial charge in [0, 0.05) is 31.5 Å². The molecule has 0 aliphatic rings. The van der Waals surface area contributed by atoms with Crippen LogP contribution >= 0.6 is 0 Å². The molecule has 0 saturated carbocycles. The van der Waals surface area contributed by atoms with Crippen molar-refractivity contribution in [3.05, 3.63) is 71.2 Å². The summed E-state index contributed by atoms with van der Waals surface area (Å²) >= 11 is 0. The first-order chi connectivity index (χ1) is 16.0. The Morgan fingerprint density at radius 2 is 1.74 bits per heavy atom. The highest BCUT2D eigenvalue weighted by Crippen LogP contribution is 2.28. The van der Waals surface area contributed by atoms with Crippen LogP contribution in [-0.4, -0.2) is 58.2 Å². The summed E-state index contributed by atoms with van der Waals surface area (Å²) in [5.74, 6) is -1.54. The van der Waals surface area contributed by atoms with Gasteiger partial charge in [0.25, 0.3) is 11.8 Å². The lowest BCUT2D eigenvalue weighted by Crippen LogP contribution is -2.22. The molecule has 0 unspecified atom stereocenters. The summed E-state index contributed by atoms with van der Waals surface area (Å²) in [5.41, 5.74) is 0.253. The minimum absolute atomic E-state index is 0.0287. The van der Waals surface area contributed by atoms with Crippen LogP contribution < -0.4 is 5.32 Å². The van der Waals surface area contributed by atoms with Crippen LogP contribution in [-0.2, 0) is 15.7 Å². The van der Waals surface area contributed by atoms with Crippen molar-refractivity contribution in [2.75, 3.05) is 26.0 Å². The van der Waals surface area contributed by atoms with Crippen molar-refractivity contribution in [2.45, 2.75) is 13.1 Å². The molecular weight excluding hydrogens is 455 g/mol. The molecule has 0 fully saturated rings. The summed E-state index contributed by atoms with van der Waals surface area (Å²) in [4.78, 5) is 41.5. The molecule has 2 heterocycles. The number of rotatable bonds is 6. The van der Waals surface area contributed by atoms with E-state index in [0.717, 1.165) is 12.1 Å². The molecule has 1 N–H and O–H groups in total. The summed E-state index contributed by atoms with van der Waals surface area (Å²) in [6.07, 6.45) is -2.68. The normalized spacial score (nSPS) is 11.1. The lowest BCUT2D eigenvalue weighted by Gasteiger charge is -2.11. The first-order valence-corrected chi connectivity index (χ1v) is 9.84. The van der Waals surface area contributed by atoms with Crippen LogP contribution in [0.25, 0.3) is 5.82 Å². The third-order valence-electron chi connectivity index (χ3n) is 4.68. The van der Waals surface area contributed by atoms with Crippen LogP contribution in [0.3, 0.4) is 0 Å². The first-order valence-electron chi connectivity index (χ1n) is 9.84. The third-order valence-corrected chi connectivity index (χ3v) is 4.68. The Morgan fingerprint density at radius 3 is 2.29 bits per heavy atom. The van der Waals surface area contributed by atoms with E-state index in [0.29, 0.717) is 17.4 Å². The summed E-state index contributed by atoms with van der Waals surface area (Å²) in [7, 11) is 3.25. The zero-order valence-corrected chi connectivity index (χ0v) is 18.4. The van der Waals surface area contributed by atoms with Gasteiger partial charge >= 0.3 is 12.1 Å². The SMILES string of the molecule is Cc1c(C(=O)OCC(=O)Nc2ccc(C(=O)N(C)C)cc2)cnn1-c1ccc(C(F)(F)F)cn1. The molecule has 0 aliphatic heterocycles. The van der Waals surface area contributed by atoms with Crippen LogP contribution in [0.1, 0.15) is 32.0 Å². The molecule has 3 rings (SSSR count). The molecule has 1 aromatic carbocycles. The van der Waals surface area contributed by atoms with E-state index in [1.165, 1.54) is 22.7 Å². The zero-order chi connectivity index (χ0) is 25.0. The first kappa shape index (κ1) is 24.4. The number of hydrogen-bond acceptors (Lipinski definition) is 6. The predicted molar refractivity (Wildman–Crippen MR) is 114 cm³/mol. The predicted octanol–water partition coefficient (Wildman–Crippen LogP) is 3.09. The number of halogens is 3. The van der Waals surface area contributed by atoms with Gasteiger partial charge in [0.1, 0.15) is 5.56 Å².